The second-order valence-corrected chi connectivity index (χ2v) is 13.4. The number of esters is 1. The Morgan fingerprint density at radius 1 is 1.11 bits per heavy atom. The monoisotopic (exact) mass is 486 g/mol. The van der Waals surface area contributed by atoms with Crippen molar-refractivity contribution in [3.05, 3.63) is 11.1 Å². The molecular weight excluding hydrogens is 444 g/mol. The topological polar surface area (TPSA) is 96.4 Å². The van der Waals surface area contributed by atoms with Crippen LogP contribution in [0.15, 0.2) is 11.1 Å². The zero-order valence-electron chi connectivity index (χ0n) is 21.9. The van der Waals surface area contributed by atoms with E-state index >= 15 is 0 Å². The van der Waals surface area contributed by atoms with E-state index < -0.39 is 17.1 Å². The highest BCUT2D eigenvalue weighted by Gasteiger charge is 2.81. The number of hydrogen-bond acceptors (Lipinski definition) is 6. The summed E-state index contributed by atoms with van der Waals surface area (Å²) >= 11 is 0. The normalized spacial score (nSPS) is 53.8. The van der Waals surface area contributed by atoms with Crippen molar-refractivity contribution in [2.24, 2.45) is 46.3 Å². The fraction of sp³-hybridized carbons (Fsp3) is 0.862. The lowest BCUT2D eigenvalue weighted by Gasteiger charge is -2.59. The first kappa shape index (κ1) is 24.1. The third-order valence-electron chi connectivity index (χ3n) is 12.3. The molecule has 0 aromatic heterocycles. The van der Waals surface area contributed by atoms with E-state index in [-0.39, 0.29) is 48.0 Å². The van der Waals surface area contributed by atoms with E-state index in [1.807, 2.05) is 13.8 Å². The molecule has 35 heavy (non-hydrogen) atoms. The third-order valence-corrected chi connectivity index (χ3v) is 12.3. The lowest BCUT2D eigenvalue weighted by molar-refractivity contribution is -0.172. The summed E-state index contributed by atoms with van der Waals surface area (Å²) in [4.78, 5) is 26.1. The van der Waals surface area contributed by atoms with Gasteiger partial charge in [0.25, 0.3) is 0 Å². The molecule has 1 spiro atoms. The van der Waals surface area contributed by atoms with Gasteiger partial charge < -0.3 is 19.7 Å². The van der Waals surface area contributed by atoms with Gasteiger partial charge in [-0.2, -0.15) is 0 Å². The number of Topliss-reactive ketones (excluding diaryl/α,β-unsaturated/α-hetero) is 1. The molecule has 5 fully saturated rings. The second kappa shape index (κ2) is 7.64. The highest BCUT2D eigenvalue weighted by Crippen LogP contribution is 2.74. The number of rotatable bonds is 3. The number of carbonyl (C=O) groups excluding carboxylic acids is 2. The average molecular weight is 487 g/mol. The molecule has 1 saturated heterocycles. The molecule has 6 rings (SSSR count). The van der Waals surface area contributed by atoms with E-state index in [0.717, 1.165) is 37.7 Å². The van der Waals surface area contributed by atoms with Gasteiger partial charge in [0.1, 0.15) is 17.5 Å². The Kier molecular flexibility index (Phi) is 5.27. The van der Waals surface area contributed by atoms with Gasteiger partial charge in [-0.3, -0.25) is 4.79 Å². The van der Waals surface area contributed by atoms with Crippen LogP contribution in [0.1, 0.15) is 79.6 Å². The molecule has 2 heterocycles. The molecule has 4 aliphatic carbocycles. The first-order chi connectivity index (χ1) is 16.5. The van der Waals surface area contributed by atoms with Crippen LogP contribution >= 0.6 is 0 Å². The van der Waals surface area contributed by atoms with Crippen molar-refractivity contribution in [1.82, 2.24) is 0 Å². The fourth-order valence-electron chi connectivity index (χ4n) is 10.3. The molecule has 194 valence electrons. The average Bonchev–Trinajstić information content (AvgIpc) is 3.44. The van der Waals surface area contributed by atoms with Gasteiger partial charge in [0.2, 0.25) is 0 Å². The van der Waals surface area contributed by atoms with Gasteiger partial charge in [0, 0.05) is 12.8 Å². The van der Waals surface area contributed by atoms with Crippen molar-refractivity contribution < 1.29 is 29.3 Å². The van der Waals surface area contributed by atoms with Crippen LogP contribution in [-0.2, 0) is 19.1 Å². The van der Waals surface area contributed by atoms with Crippen LogP contribution in [0.2, 0.25) is 0 Å². The summed E-state index contributed by atoms with van der Waals surface area (Å²) in [6.07, 6.45) is 5.75. The van der Waals surface area contributed by atoms with Gasteiger partial charge in [0.15, 0.2) is 0 Å². The molecule has 12 atom stereocenters. The molecule has 6 nitrogen and oxygen atoms in total. The molecule has 2 aliphatic heterocycles. The summed E-state index contributed by atoms with van der Waals surface area (Å²) < 4.78 is 12.2. The van der Waals surface area contributed by atoms with Crippen LogP contribution in [0.4, 0.5) is 0 Å². The zero-order valence-corrected chi connectivity index (χ0v) is 21.9. The fourth-order valence-corrected chi connectivity index (χ4v) is 10.3. The summed E-state index contributed by atoms with van der Waals surface area (Å²) in [5, 5.41) is 20.7. The standard InChI is InChI=1S/C29H42O6/c1-14-10-22(34-26(33)18(14)13-30)16(3)19-6-7-20-17-12-24-29(35-24)25(32)15(2)11-23(31)28(29,5)21(17)8-9-27(19,20)4/h15-17,19-22,24-25,30,32H,6-13H2,1-5H3. The van der Waals surface area contributed by atoms with Crippen molar-refractivity contribution in [3.63, 3.8) is 0 Å². The molecule has 0 aromatic rings. The Morgan fingerprint density at radius 3 is 2.54 bits per heavy atom. The number of aliphatic hydroxyl groups excluding tert-OH is 2. The number of ketones is 1. The Hall–Kier alpha value is -1.24. The van der Waals surface area contributed by atoms with Crippen LogP contribution in [0.25, 0.3) is 0 Å². The maximum atomic E-state index is 13.6. The van der Waals surface area contributed by atoms with E-state index in [2.05, 4.69) is 20.8 Å². The van der Waals surface area contributed by atoms with Crippen LogP contribution in [0, 0.1) is 46.3 Å². The number of ether oxygens (including phenoxy) is 2. The van der Waals surface area contributed by atoms with Gasteiger partial charge in [-0.05, 0) is 86.9 Å². The summed E-state index contributed by atoms with van der Waals surface area (Å²) in [6.45, 7) is 10.5. The molecule has 6 heteroatoms. The number of carbonyl (C=O) groups is 2. The number of aliphatic hydroxyl groups is 2. The molecule has 0 aromatic carbocycles. The molecule has 0 amide bonds. The minimum Gasteiger partial charge on any atom is -0.458 e. The molecule has 6 aliphatic rings. The van der Waals surface area contributed by atoms with Crippen LogP contribution in [-0.4, -0.2) is 52.5 Å². The van der Waals surface area contributed by atoms with Gasteiger partial charge in [-0.25, -0.2) is 4.79 Å². The molecule has 4 saturated carbocycles. The van der Waals surface area contributed by atoms with E-state index in [9.17, 15) is 19.8 Å². The van der Waals surface area contributed by atoms with Crippen molar-refractivity contribution in [3.8, 4) is 0 Å². The van der Waals surface area contributed by atoms with Gasteiger partial charge in [-0.1, -0.05) is 26.3 Å². The van der Waals surface area contributed by atoms with E-state index in [0.29, 0.717) is 42.0 Å². The van der Waals surface area contributed by atoms with E-state index in [4.69, 9.17) is 9.47 Å². The number of epoxide rings is 1. The Morgan fingerprint density at radius 2 is 1.86 bits per heavy atom. The highest BCUT2D eigenvalue weighted by molar-refractivity contribution is 5.90. The zero-order chi connectivity index (χ0) is 25.1. The third kappa shape index (κ3) is 2.88. The molecule has 0 radical (unpaired) electrons. The lowest BCUT2D eigenvalue weighted by Crippen LogP contribution is -2.66. The maximum absolute atomic E-state index is 13.6. The van der Waals surface area contributed by atoms with Gasteiger partial charge in [0.05, 0.1) is 29.8 Å². The summed E-state index contributed by atoms with van der Waals surface area (Å²) in [5.74, 6) is 1.85. The predicted octanol–water partition coefficient (Wildman–Crippen LogP) is 3.82. The van der Waals surface area contributed by atoms with Crippen LogP contribution in [0.5, 0.6) is 0 Å². The molecule has 12 unspecified atom stereocenters. The summed E-state index contributed by atoms with van der Waals surface area (Å²) in [7, 11) is 0. The largest absolute Gasteiger partial charge is 0.458 e. The minimum absolute atomic E-state index is 0.00161. The van der Waals surface area contributed by atoms with E-state index in [1.165, 1.54) is 0 Å². The first-order valence-electron chi connectivity index (χ1n) is 13.9. The summed E-state index contributed by atoms with van der Waals surface area (Å²) in [6, 6.07) is 0. The number of fused-ring (bicyclic) bond motifs is 4. The smallest absolute Gasteiger partial charge is 0.336 e. The van der Waals surface area contributed by atoms with Crippen molar-refractivity contribution in [1.29, 1.82) is 0 Å². The quantitative estimate of drug-likeness (QED) is 0.465. The highest BCUT2D eigenvalue weighted by atomic mass is 16.6. The van der Waals surface area contributed by atoms with Crippen molar-refractivity contribution >= 4 is 11.8 Å². The molecule has 0 bridgehead atoms. The second-order valence-electron chi connectivity index (χ2n) is 13.4. The molecule has 2 N–H and O–H groups in total. The SMILES string of the molecule is CC1=C(CO)C(=O)OC(C(C)C2CCC3C4CC5OC56C(O)C(C)CC(=O)C6(C)C4CCC23C)C1. The lowest BCUT2D eigenvalue weighted by atomic mass is 9.43. The predicted molar refractivity (Wildman–Crippen MR) is 129 cm³/mol. The van der Waals surface area contributed by atoms with Crippen LogP contribution < -0.4 is 0 Å². The number of cyclic esters (lactones) is 1. The Balaban J connectivity index is 1.27. The van der Waals surface area contributed by atoms with E-state index in [1.54, 1.807) is 0 Å². The van der Waals surface area contributed by atoms with Gasteiger partial charge >= 0.3 is 5.97 Å². The van der Waals surface area contributed by atoms with Crippen molar-refractivity contribution in [2.45, 2.75) is 103 Å². The maximum Gasteiger partial charge on any atom is 0.336 e. The number of hydrogen-bond donors (Lipinski definition) is 2. The molecular formula is C29H42O6. The van der Waals surface area contributed by atoms with Crippen molar-refractivity contribution in [2.75, 3.05) is 6.61 Å². The Bertz CT molecular complexity index is 988. The van der Waals surface area contributed by atoms with Gasteiger partial charge in [-0.15, -0.1) is 0 Å². The van der Waals surface area contributed by atoms with Crippen LogP contribution in [0.3, 0.4) is 0 Å². The Labute approximate surface area is 208 Å². The first-order valence-corrected chi connectivity index (χ1v) is 13.9. The minimum atomic E-state index is -0.660. The summed E-state index contributed by atoms with van der Waals surface area (Å²) in [5.41, 5.74) is 0.277.